The summed E-state index contributed by atoms with van der Waals surface area (Å²) in [5.74, 6) is -0.954. The second-order valence-corrected chi connectivity index (χ2v) is 4.98. The fourth-order valence-corrected chi connectivity index (χ4v) is 2.21. The highest BCUT2D eigenvalue weighted by molar-refractivity contribution is 6.48. The highest BCUT2D eigenvalue weighted by atomic mass is 35.5. The first kappa shape index (κ1) is 14.5. The lowest BCUT2D eigenvalue weighted by Gasteiger charge is -2.08. The minimum atomic E-state index is -2.89. The maximum atomic E-state index is 13.2. The van der Waals surface area contributed by atoms with E-state index in [0.29, 0.717) is 11.1 Å². The van der Waals surface area contributed by atoms with Crippen LogP contribution < -0.4 is 0 Å². The summed E-state index contributed by atoms with van der Waals surface area (Å²) in [7, 11) is 0. The van der Waals surface area contributed by atoms with E-state index in [1.54, 1.807) is 0 Å². The van der Waals surface area contributed by atoms with Gasteiger partial charge < -0.3 is 0 Å². The van der Waals surface area contributed by atoms with Gasteiger partial charge in [-0.2, -0.15) is 0 Å². The lowest BCUT2D eigenvalue weighted by Crippen LogP contribution is -1.91. The molecule has 2 aromatic rings. The molecule has 0 aliphatic carbocycles. The Morgan fingerprint density at radius 2 is 1.42 bits per heavy atom. The van der Waals surface area contributed by atoms with E-state index in [0.717, 1.165) is 12.1 Å². The molecular formula is C13H6Cl3F3. The first-order valence-electron chi connectivity index (χ1n) is 5.12. The van der Waals surface area contributed by atoms with E-state index in [4.69, 9.17) is 34.8 Å². The molecule has 0 aliphatic heterocycles. The van der Waals surface area contributed by atoms with Crippen LogP contribution in [0.25, 0.3) is 11.1 Å². The molecule has 0 heterocycles. The van der Waals surface area contributed by atoms with Gasteiger partial charge in [-0.05, 0) is 35.4 Å². The summed E-state index contributed by atoms with van der Waals surface area (Å²) in [6.07, 6.45) is -2.89. The van der Waals surface area contributed by atoms with Gasteiger partial charge in [0.15, 0.2) is 0 Å². The molecule has 0 fully saturated rings. The third-order valence-electron chi connectivity index (χ3n) is 2.55. The van der Waals surface area contributed by atoms with E-state index in [2.05, 4.69) is 0 Å². The second kappa shape index (κ2) is 5.61. The van der Waals surface area contributed by atoms with Gasteiger partial charge in [0.05, 0.1) is 20.6 Å². The fourth-order valence-electron chi connectivity index (χ4n) is 1.61. The molecule has 0 aromatic heterocycles. The SMILES string of the molecule is Fc1ccc(-c2cc(Cl)c(Cl)c(Cl)c2)cc1C(F)F. The average Bonchev–Trinajstić information content (AvgIpc) is 2.35. The number of rotatable bonds is 2. The van der Waals surface area contributed by atoms with Crippen molar-refractivity contribution in [2.24, 2.45) is 0 Å². The van der Waals surface area contributed by atoms with Crippen LogP contribution in [-0.2, 0) is 0 Å². The Morgan fingerprint density at radius 1 is 0.842 bits per heavy atom. The van der Waals surface area contributed by atoms with Gasteiger partial charge in [-0.25, -0.2) is 13.2 Å². The average molecular weight is 326 g/mol. The highest BCUT2D eigenvalue weighted by Gasteiger charge is 2.15. The van der Waals surface area contributed by atoms with Gasteiger partial charge in [-0.15, -0.1) is 0 Å². The van der Waals surface area contributed by atoms with Gasteiger partial charge in [0, 0.05) is 0 Å². The number of hydrogen-bond acceptors (Lipinski definition) is 0. The van der Waals surface area contributed by atoms with E-state index in [1.807, 2.05) is 0 Å². The van der Waals surface area contributed by atoms with Crippen LogP contribution in [0.5, 0.6) is 0 Å². The van der Waals surface area contributed by atoms with E-state index in [9.17, 15) is 13.2 Å². The van der Waals surface area contributed by atoms with Gasteiger partial charge in [-0.3, -0.25) is 0 Å². The molecule has 0 saturated heterocycles. The monoisotopic (exact) mass is 324 g/mol. The van der Waals surface area contributed by atoms with Crippen LogP contribution >= 0.6 is 34.8 Å². The topological polar surface area (TPSA) is 0 Å². The Balaban J connectivity index is 2.56. The maximum absolute atomic E-state index is 13.2. The molecule has 0 unspecified atom stereocenters. The van der Waals surface area contributed by atoms with Gasteiger partial charge >= 0.3 is 0 Å². The van der Waals surface area contributed by atoms with E-state index in [1.165, 1.54) is 18.2 Å². The molecule has 2 rings (SSSR count). The van der Waals surface area contributed by atoms with Crippen LogP contribution in [0.15, 0.2) is 30.3 Å². The zero-order valence-electron chi connectivity index (χ0n) is 9.23. The van der Waals surface area contributed by atoms with Crippen molar-refractivity contribution in [3.63, 3.8) is 0 Å². The first-order valence-corrected chi connectivity index (χ1v) is 6.26. The Bertz CT molecular complexity index is 604. The van der Waals surface area contributed by atoms with E-state index in [-0.39, 0.29) is 15.1 Å². The number of alkyl halides is 2. The quantitative estimate of drug-likeness (QED) is 0.561. The zero-order valence-corrected chi connectivity index (χ0v) is 11.5. The molecule has 0 N–H and O–H groups in total. The Hall–Kier alpha value is -0.900. The second-order valence-electron chi connectivity index (χ2n) is 3.79. The van der Waals surface area contributed by atoms with Crippen molar-refractivity contribution in [1.29, 1.82) is 0 Å². The number of benzene rings is 2. The van der Waals surface area contributed by atoms with Crippen LogP contribution in [0, 0.1) is 5.82 Å². The molecule has 19 heavy (non-hydrogen) atoms. The van der Waals surface area contributed by atoms with Gasteiger partial charge in [0.2, 0.25) is 0 Å². The molecule has 0 saturated carbocycles. The summed E-state index contributed by atoms with van der Waals surface area (Å²) in [4.78, 5) is 0. The van der Waals surface area contributed by atoms with Crippen molar-refractivity contribution in [1.82, 2.24) is 0 Å². The fraction of sp³-hybridized carbons (Fsp3) is 0.0769. The standard InChI is InChI=1S/C13H6Cl3F3/c14-9-4-7(5-10(15)12(9)16)6-1-2-11(17)8(3-6)13(18)19/h1-5,13H. The van der Waals surface area contributed by atoms with Crippen molar-refractivity contribution in [2.45, 2.75) is 6.43 Å². The summed E-state index contributed by atoms with van der Waals surface area (Å²) in [5, 5.41) is 0.586. The highest BCUT2D eigenvalue weighted by Crippen LogP contribution is 2.36. The molecule has 0 atom stereocenters. The summed E-state index contributed by atoms with van der Waals surface area (Å²) >= 11 is 17.5. The molecule has 100 valence electrons. The van der Waals surface area contributed by atoms with E-state index >= 15 is 0 Å². The lowest BCUT2D eigenvalue weighted by molar-refractivity contribution is 0.146. The van der Waals surface area contributed by atoms with Crippen molar-refractivity contribution < 1.29 is 13.2 Å². The van der Waals surface area contributed by atoms with Crippen molar-refractivity contribution in [3.05, 3.63) is 56.8 Å². The Kier molecular flexibility index (Phi) is 4.29. The molecule has 0 spiro atoms. The predicted molar refractivity (Wildman–Crippen MR) is 71.8 cm³/mol. The van der Waals surface area contributed by atoms with Crippen LogP contribution in [0.1, 0.15) is 12.0 Å². The normalized spacial score (nSPS) is 11.1. The molecule has 0 amide bonds. The predicted octanol–water partition coefficient (Wildman–Crippen LogP) is 6.39. The number of halogens is 6. The molecule has 2 aromatic carbocycles. The summed E-state index contributed by atoms with van der Waals surface area (Å²) < 4.78 is 38.5. The molecule has 6 heteroatoms. The smallest absolute Gasteiger partial charge is 0.206 e. The Labute approximate surface area is 122 Å². The van der Waals surface area contributed by atoms with Crippen molar-refractivity contribution in [3.8, 4) is 11.1 Å². The first-order chi connectivity index (χ1) is 8.90. The summed E-state index contributed by atoms with van der Waals surface area (Å²) in [6.45, 7) is 0. The van der Waals surface area contributed by atoms with Crippen LogP contribution in [-0.4, -0.2) is 0 Å². The largest absolute Gasteiger partial charge is 0.266 e. The third-order valence-corrected chi connectivity index (χ3v) is 3.75. The van der Waals surface area contributed by atoms with Crippen LogP contribution in [0.3, 0.4) is 0 Å². The number of hydrogen-bond donors (Lipinski definition) is 0. The molecule has 0 radical (unpaired) electrons. The molecule has 0 nitrogen and oxygen atoms in total. The van der Waals surface area contributed by atoms with E-state index < -0.39 is 17.8 Å². The van der Waals surface area contributed by atoms with Crippen molar-refractivity contribution in [2.75, 3.05) is 0 Å². The van der Waals surface area contributed by atoms with Crippen molar-refractivity contribution >= 4 is 34.8 Å². The third kappa shape index (κ3) is 2.99. The molecule has 0 aliphatic rings. The summed E-state index contributed by atoms with van der Waals surface area (Å²) in [5.41, 5.74) is 0.207. The minimum absolute atomic E-state index is 0.184. The molecule has 0 bridgehead atoms. The van der Waals surface area contributed by atoms with Gasteiger partial charge in [0.25, 0.3) is 6.43 Å². The van der Waals surface area contributed by atoms with Gasteiger partial charge in [0.1, 0.15) is 5.82 Å². The lowest BCUT2D eigenvalue weighted by atomic mass is 10.0. The van der Waals surface area contributed by atoms with Crippen LogP contribution in [0.4, 0.5) is 13.2 Å². The van der Waals surface area contributed by atoms with Crippen LogP contribution in [0.2, 0.25) is 15.1 Å². The van der Waals surface area contributed by atoms with Gasteiger partial charge in [-0.1, -0.05) is 40.9 Å². The Morgan fingerprint density at radius 3 is 1.95 bits per heavy atom. The summed E-state index contributed by atoms with van der Waals surface area (Å²) in [6, 6.07) is 6.39. The molecular weight excluding hydrogens is 319 g/mol. The maximum Gasteiger partial charge on any atom is 0.266 e. The zero-order chi connectivity index (χ0) is 14.2. The minimum Gasteiger partial charge on any atom is -0.206 e.